The van der Waals surface area contributed by atoms with E-state index in [9.17, 15) is 4.79 Å². The van der Waals surface area contributed by atoms with E-state index in [4.69, 9.17) is 4.52 Å². The van der Waals surface area contributed by atoms with Gasteiger partial charge in [-0.15, -0.1) is 0 Å². The Morgan fingerprint density at radius 2 is 2.06 bits per heavy atom. The van der Waals surface area contributed by atoms with Crippen LogP contribution in [0.25, 0.3) is 11.1 Å². The number of amides is 1. The highest BCUT2D eigenvalue weighted by atomic mass is 16.5. The van der Waals surface area contributed by atoms with Crippen molar-refractivity contribution in [3.8, 4) is 11.1 Å². The number of hydrogen-bond acceptors (Lipinski definition) is 3. The van der Waals surface area contributed by atoms with Gasteiger partial charge in [0.1, 0.15) is 0 Å². The molecule has 4 nitrogen and oxygen atoms in total. The smallest absolute Gasteiger partial charge is 0.239 e. The standard InChI is InChI=1S/C14H14N2O2/c17-13(11-7-4-8-11)16-14-12(9-15-18-14)10-5-2-1-3-6-10/h1-3,5-6,9,11H,4,7-8H2,(H,16,17). The molecule has 0 aliphatic heterocycles. The number of aromatic nitrogens is 1. The Balaban J connectivity index is 1.81. The predicted molar refractivity (Wildman–Crippen MR) is 67.9 cm³/mol. The maximum Gasteiger partial charge on any atom is 0.239 e. The first kappa shape index (κ1) is 11.0. The van der Waals surface area contributed by atoms with Crippen LogP contribution in [0.1, 0.15) is 19.3 Å². The molecule has 2 aromatic rings. The first-order chi connectivity index (χ1) is 8.84. The van der Waals surface area contributed by atoms with Gasteiger partial charge in [0.2, 0.25) is 11.8 Å². The van der Waals surface area contributed by atoms with Crippen LogP contribution in [-0.4, -0.2) is 11.1 Å². The number of rotatable bonds is 3. The summed E-state index contributed by atoms with van der Waals surface area (Å²) in [6.45, 7) is 0. The van der Waals surface area contributed by atoms with Gasteiger partial charge < -0.3 is 4.52 Å². The summed E-state index contributed by atoms with van der Waals surface area (Å²) in [5.41, 5.74) is 1.81. The highest BCUT2D eigenvalue weighted by Gasteiger charge is 2.26. The third kappa shape index (κ3) is 2.01. The summed E-state index contributed by atoms with van der Waals surface area (Å²) >= 11 is 0. The van der Waals surface area contributed by atoms with E-state index in [1.54, 1.807) is 6.20 Å². The average molecular weight is 242 g/mol. The maximum atomic E-state index is 11.9. The lowest BCUT2D eigenvalue weighted by molar-refractivity contribution is -0.122. The second kappa shape index (κ2) is 4.64. The lowest BCUT2D eigenvalue weighted by atomic mass is 9.85. The maximum absolute atomic E-state index is 11.9. The molecule has 18 heavy (non-hydrogen) atoms. The highest BCUT2D eigenvalue weighted by molar-refractivity contribution is 5.95. The van der Waals surface area contributed by atoms with Crippen LogP contribution in [0.2, 0.25) is 0 Å². The summed E-state index contributed by atoms with van der Waals surface area (Å²) in [5.74, 6) is 0.618. The van der Waals surface area contributed by atoms with Gasteiger partial charge >= 0.3 is 0 Å². The molecule has 0 bridgehead atoms. The van der Waals surface area contributed by atoms with Gasteiger partial charge in [-0.3, -0.25) is 10.1 Å². The van der Waals surface area contributed by atoms with Crippen molar-refractivity contribution in [1.29, 1.82) is 0 Å². The van der Waals surface area contributed by atoms with Crippen LogP contribution in [0.15, 0.2) is 41.1 Å². The van der Waals surface area contributed by atoms with E-state index in [1.165, 1.54) is 0 Å². The monoisotopic (exact) mass is 242 g/mol. The number of carbonyl (C=O) groups is 1. The van der Waals surface area contributed by atoms with E-state index in [1.807, 2.05) is 30.3 Å². The fourth-order valence-corrected chi connectivity index (χ4v) is 2.04. The van der Waals surface area contributed by atoms with Crippen LogP contribution in [0, 0.1) is 5.92 Å². The first-order valence-corrected chi connectivity index (χ1v) is 6.15. The Bertz CT molecular complexity index is 544. The van der Waals surface area contributed by atoms with Crippen molar-refractivity contribution >= 4 is 11.8 Å². The van der Waals surface area contributed by atoms with Gasteiger partial charge in [-0.2, -0.15) is 0 Å². The molecule has 1 heterocycles. The van der Waals surface area contributed by atoms with E-state index in [2.05, 4.69) is 10.5 Å². The van der Waals surface area contributed by atoms with Crippen molar-refractivity contribution in [2.45, 2.75) is 19.3 Å². The molecule has 0 saturated heterocycles. The number of hydrogen-bond donors (Lipinski definition) is 1. The number of carbonyl (C=O) groups excluding carboxylic acids is 1. The zero-order chi connectivity index (χ0) is 12.4. The molecule has 4 heteroatoms. The Hall–Kier alpha value is -2.10. The second-order valence-corrected chi connectivity index (χ2v) is 4.55. The molecule has 1 aliphatic rings. The van der Waals surface area contributed by atoms with Gasteiger partial charge in [-0.05, 0) is 18.4 Å². The Morgan fingerprint density at radius 3 is 2.72 bits per heavy atom. The lowest BCUT2D eigenvalue weighted by Gasteiger charge is -2.23. The van der Waals surface area contributed by atoms with Crippen molar-refractivity contribution in [3.63, 3.8) is 0 Å². The number of nitrogens with zero attached hydrogens (tertiary/aromatic N) is 1. The topological polar surface area (TPSA) is 55.1 Å². The summed E-state index contributed by atoms with van der Waals surface area (Å²) in [4.78, 5) is 11.9. The molecule has 3 rings (SSSR count). The molecule has 1 saturated carbocycles. The third-order valence-corrected chi connectivity index (χ3v) is 3.37. The van der Waals surface area contributed by atoms with Gasteiger partial charge in [0, 0.05) is 5.92 Å². The average Bonchev–Trinajstić information content (AvgIpc) is 2.76. The van der Waals surface area contributed by atoms with Crippen LogP contribution in [0.3, 0.4) is 0 Å². The Morgan fingerprint density at radius 1 is 1.28 bits per heavy atom. The van der Waals surface area contributed by atoms with E-state index < -0.39 is 0 Å². The van der Waals surface area contributed by atoms with E-state index >= 15 is 0 Å². The van der Waals surface area contributed by atoms with Crippen LogP contribution < -0.4 is 5.32 Å². The molecular formula is C14H14N2O2. The van der Waals surface area contributed by atoms with E-state index in [0.717, 1.165) is 30.4 Å². The molecule has 1 fully saturated rings. The minimum Gasteiger partial charge on any atom is -0.338 e. The molecule has 1 amide bonds. The molecule has 1 N–H and O–H groups in total. The van der Waals surface area contributed by atoms with Gasteiger partial charge in [0.05, 0.1) is 11.8 Å². The quantitative estimate of drug-likeness (QED) is 0.899. The predicted octanol–water partition coefficient (Wildman–Crippen LogP) is 3.08. The van der Waals surface area contributed by atoms with Crippen molar-refractivity contribution in [2.75, 3.05) is 5.32 Å². The summed E-state index contributed by atoms with van der Waals surface area (Å²) in [6.07, 6.45) is 4.72. The van der Waals surface area contributed by atoms with Crippen molar-refractivity contribution < 1.29 is 9.32 Å². The number of benzene rings is 1. The summed E-state index contributed by atoms with van der Waals surface area (Å²) in [6, 6.07) is 9.76. The van der Waals surface area contributed by atoms with Crippen LogP contribution in [0.4, 0.5) is 5.88 Å². The van der Waals surface area contributed by atoms with Crippen molar-refractivity contribution in [2.24, 2.45) is 5.92 Å². The molecule has 1 aliphatic carbocycles. The minimum absolute atomic E-state index is 0.0372. The lowest BCUT2D eigenvalue weighted by Crippen LogP contribution is -2.28. The summed E-state index contributed by atoms with van der Waals surface area (Å²) in [7, 11) is 0. The largest absolute Gasteiger partial charge is 0.338 e. The molecule has 0 unspecified atom stereocenters. The van der Waals surface area contributed by atoms with Crippen LogP contribution in [-0.2, 0) is 4.79 Å². The summed E-state index contributed by atoms with van der Waals surface area (Å²) in [5, 5.41) is 6.59. The molecular weight excluding hydrogens is 228 g/mol. The van der Waals surface area contributed by atoms with E-state index in [-0.39, 0.29) is 11.8 Å². The Labute approximate surface area is 105 Å². The number of nitrogens with one attached hydrogen (secondary N) is 1. The minimum atomic E-state index is 0.0372. The van der Waals surface area contributed by atoms with E-state index in [0.29, 0.717) is 5.88 Å². The van der Waals surface area contributed by atoms with Gasteiger partial charge in [0.25, 0.3) is 0 Å². The zero-order valence-corrected chi connectivity index (χ0v) is 9.93. The van der Waals surface area contributed by atoms with Crippen LogP contribution >= 0.6 is 0 Å². The zero-order valence-electron chi connectivity index (χ0n) is 9.93. The molecule has 0 radical (unpaired) electrons. The van der Waals surface area contributed by atoms with Gasteiger partial charge in [-0.25, -0.2) is 0 Å². The highest BCUT2D eigenvalue weighted by Crippen LogP contribution is 2.31. The molecule has 0 spiro atoms. The van der Waals surface area contributed by atoms with Gasteiger partial charge in [0.15, 0.2) is 0 Å². The van der Waals surface area contributed by atoms with Crippen molar-refractivity contribution in [1.82, 2.24) is 5.16 Å². The normalized spacial score (nSPS) is 15.1. The van der Waals surface area contributed by atoms with Gasteiger partial charge in [-0.1, -0.05) is 41.9 Å². The Kier molecular flexibility index (Phi) is 2.84. The second-order valence-electron chi connectivity index (χ2n) is 4.55. The molecule has 92 valence electrons. The summed E-state index contributed by atoms with van der Waals surface area (Å²) < 4.78 is 5.13. The fraction of sp³-hybridized carbons (Fsp3) is 0.286. The fourth-order valence-electron chi connectivity index (χ4n) is 2.04. The van der Waals surface area contributed by atoms with Crippen LogP contribution in [0.5, 0.6) is 0 Å². The molecule has 1 aromatic heterocycles. The SMILES string of the molecule is O=C(Nc1oncc1-c1ccccc1)C1CCC1. The third-order valence-electron chi connectivity index (χ3n) is 3.37. The number of anilines is 1. The van der Waals surface area contributed by atoms with Crippen molar-refractivity contribution in [3.05, 3.63) is 36.5 Å². The molecule has 1 aromatic carbocycles. The molecule has 0 atom stereocenters. The first-order valence-electron chi connectivity index (χ1n) is 6.15.